The zero-order chi connectivity index (χ0) is 17.9. The summed E-state index contributed by atoms with van der Waals surface area (Å²) in [6, 6.07) is 11.3. The van der Waals surface area contributed by atoms with Crippen LogP contribution in [0.1, 0.15) is 30.1 Å². The second-order valence-corrected chi connectivity index (χ2v) is 7.00. The van der Waals surface area contributed by atoms with Gasteiger partial charge in [-0.1, -0.05) is 12.1 Å². The lowest BCUT2D eigenvalue weighted by Crippen LogP contribution is -2.36. The predicted octanol–water partition coefficient (Wildman–Crippen LogP) is 4.23. The number of halogens is 1. The minimum absolute atomic E-state index is 0.166. The molecule has 0 aliphatic carbocycles. The van der Waals surface area contributed by atoms with Crippen molar-refractivity contribution in [2.75, 3.05) is 13.1 Å². The Morgan fingerprint density at radius 3 is 2.92 bits per heavy atom. The van der Waals surface area contributed by atoms with Gasteiger partial charge in [-0.3, -0.25) is 9.88 Å². The van der Waals surface area contributed by atoms with E-state index in [0.29, 0.717) is 6.04 Å². The summed E-state index contributed by atoms with van der Waals surface area (Å²) >= 11 is 0. The Kier molecular flexibility index (Phi) is 4.80. The average molecular weight is 350 g/mol. The molecule has 1 fully saturated rings. The molecule has 3 heterocycles. The molecule has 0 radical (unpaired) electrons. The topological polar surface area (TPSA) is 34.0 Å². The van der Waals surface area contributed by atoms with E-state index in [-0.39, 0.29) is 5.82 Å². The first kappa shape index (κ1) is 16.9. The highest BCUT2D eigenvalue weighted by atomic mass is 19.1. The fraction of sp³-hybridized carbons (Fsp3) is 0.333. The number of benzene rings is 1. The summed E-state index contributed by atoms with van der Waals surface area (Å²) in [6.07, 6.45) is 7.85. The molecule has 0 N–H and O–H groups in total. The summed E-state index contributed by atoms with van der Waals surface area (Å²) in [4.78, 5) is 11.3. The highest BCUT2D eigenvalue weighted by molar-refractivity contribution is 5.54. The Labute approximate surface area is 153 Å². The fourth-order valence-corrected chi connectivity index (χ4v) is 3.89. The lowest BCUT2D eigenvalue weighted by atomic mass is 10.0. The van der Waals surface area contributed by atoms with Crippen LogP contribution in [0.3, 0.4) is 0 Å². The normalized spacial score (nSPS) is 18.2. The number of nitrogens with zero attached hydrogens (tertiary/aromatic N) is 4. The van der Waals surface area contributed by atoms with Crippen molar-refractivity contribution in [1.82, 2.24) is 19.4 Å². The Bertz CT molecular complexity index is 875. The molecule has 1 unspecified atom stereocenters. The summed E-state index contributed by atoms with van der Waals surface area (Å²) in [6.45, 7) is 4.88. The third-order valence-corrected chi connectivity index (χ3v) is 5.04. The molecule has 0 bridgehead atoms. The standard InChI is InChI=1S/C21H23FN4/c1-16-12-24-21(18-6-3-9-23-13-18)26(16)20-8-4-10-25(15-20)14-17-5-2-7-19(22)11-17/h2-3,5-7,9,11-13,20H,4,8,10,14-15H2,1H3. The second-order valence-electron chi connectivity index (χ2n) is 7.00. The molecule has 1 atom stereocenters. The maximum atomic E-state index is 13.5. The number of hydrogen-bond donors (Lipinski definition) is 0. The van der Waals surface area contributed by atoms with E-state index in [2.05, 4.69) is 32.4 Å². The quantitative estimate of drug-likeness (QED) is 0.706. The molecule has 4 rings (SSSR count). The third-order valence-electron chi connectivity index (χ3n) is 5.04. The van der Waals surface area contributed by atoms with Crippen LogP contribution in [0.5, 0.6) is 0 Å². The number of likely N-dealkylation sites (tertiary alicyclic amines) is 1. The minimum Gasteiger partial charge on any atom is -0.324 e. The van der Waals surface area contributed by atoms with Gasteiger partial charge in [0.2, 0.25) is 0 Å². The summed E-state index contributed by atoms with van der Waals surface area (Å²) in [5.74, 6) is 0.814. The zero-order valence-corrected chi connectivity index (χ0v) is 15.0. The Hall–Kier alpha value is -2.53. The van der Waals surface area contributed by atoms with Gasteiger partial charge in [0.05, 0.1) is 0 Å². The summed E-state index contributed by atoms with van der Waals surface area (Å²) in [5, 5.41) is 0. The van der Waals surface area contributed by atoms with Gasteiger partial charge in [-0.2, -0.15) is 0 Å². The van der Waals surface area contributed by atoms with E-state index < -0.39 is 0 Å². The number of piperidine rings is 1. The molecular formula is C21H23FN4. The van der Waals surface area contributed by atoms with E-state index in [1.54, 1.807) is 18.3 Å². The van der Waals surface area contributed by atoms with E-state index in [0.717, 1.165) is 49.4 Å². The number of aryl methyl sites for hydroxylation is 1. The van der Waals surface area contributed by atoms with Gasteiger partial charge >= 0.3 is 0 Å². The lowest BCUT2D eigenvalue weighted by molar-refractivity contribution is 0.170. The number of hydrogen-bond acceptors (Lipinski definition) is 3. The number of rotatable bonds is 4. The summed E-state index contributed by atoms with van der Waals surface area (Å²) in [7, 11) is 0. The summed E-state index contributed by atoms with van der Waals surface area (Å²) in [5.41, 5.74) is 3.24. The molecule has 5 heteroatoms. The van der Waals surface area contributed by atoms with Gasteiger partial charge in [0.15, 0.2) is 0 Å². The van der Waals surface area contributed by atoms with E-state index in [4.69, 9.17) is 0 Å². The van der Waals surface area contributed by atoms with Gasteiger partial charge < -0.3 is 4.57 Å². The van der Waals surface area contributed by atoms with Crippen LogP contribution in [0.2, 0.25) is 0 Å². The van der Waals surface area contributed by atoms with Gasteiger partial charge in [0.25, 0.3) is 0 Å². The molecule has 2 aromatic heterocycles. The average Bonchev–Trinajstić information content (AvgIpc) is 3.04. The zero-order valence-electron chi connectivity index (χ0n) is 15.0. The number of aromatic nitrogens is 3. The molecule has 3 aromatic rings. The van der Waals surface area contributed by atoms with Crippen molar-refractivity contribution >= 4 is 0 Å². The van der Waals surface area contributed by atoms with Crippen LogP contribution in [0.4, 0.5) is 4.39 Å². The molecule has 1 aliphatic rings. The Balaban J connectivity index is 1.56. The van der Waals surface area contributed by atoms with Crippen molar-refractivity contribution in [2.45, 2.75) is 32.4 Å². The van der Waals surface area contributed by atoms with Gasteiger partial charge in [-0.25, -0.2) is 9.37 Å². The molecule has 4 nitrogen and oxygen atoms in total. The lowest BCUT2D eigenvalue weighted by Gasteiger charge is -2.34. The van der Waals surface area contributed by atoms with Crippen LogP contribution in [-0.4, -0.2) is 32.5 Å². The monoisotopic (exact) mass is 350 g/mol. The van der Waals surface area contributed by atoms with E-state index >= 15 is 0 Å². The highest BCUT2D eigenvalue weighted by Crippen LogP contribution is 2.29. The van der Waals surface area contributed by atoms with Crippen molar-refractivity contribution < 1.29 is 4.39 Å². The molecule has 1 aliphatic heterocycles. The van der Waals surface area contributed by atoms with E-state index in [1.807, 2.05) is 24.5 Å². The maximum Gasteiger partial charge on any atom is 0.141 e. The largest absolute Gasteiger partial charge is 0.324 e. The molecule has 1 aromatic carbocycles. The summed E-state index contributed by atoms with van der Waals surface area (Å²) < 4.78 is 15.8. The number of pyridine rings is 1. The Morgan fingerprint density at radius 2 is 2.12 bits per heavy atom. The molecular weight excluding hydrogens is 327 g/mol. The number of imidazole rings is 1. The van der Waals surface area contributed by atoms with Gasteiger partial charge in [0, 0.05) is 49.0 Å². The van der Waals surface area contributed by atoms with Crippen molar-refractivity contribution in [3.05, 3.63) is 72.1 Å². The van der Waals surface area contributed by atoms with Gasteiger partial charge in [-0.15, -0.1) is 0 Å². The Morgan fingerprint density at radius 1 is 1.19 bits per heavy atom. The predicted molar refractivity (Wildman–Crippen MR) is 100 cm³/mol. The second kappa shape index (κ2) is 7.38. The van der Waals surface area contributed by atoms with Crippen molar-refractivity contribution in [1.29, 1.82) is 0 Å². The van der Waals surface area contributed by atoms with E-state index in [9.17, 15) is 4.39 Å². The third kappa shape index (κ3) is 3.53. The molecule has 0 spiro atoms. The molecule has 0 saturated carbocycles. The van der Waals surface area contributed by atoms with Gasteiger partial charge in [-0.05, 0) is 56.1 Å². The van der Waals surface area contributed by atoms with Crippen molar-refractivity contribution in [2.24, 2.45) is 0 Å². The first-order valence-electron chi connectivity index (χ1n) is 9.12. The molecule has 1 saturated heterocycles. The molecule has 134 valence electrons. The maximum absolute atomic E-state index is 13.5. The fourth-order valence-electron chi connectivity index (χ4n) is 3.89. The first-order valence-corrected chi connectivity index (χ1v) is 9.12. The molecule has 0 amide bonds. The van der Waals surface area contributed by atoms with Crippen LogP contribution >= 0.6 is 0 Å². The molecule has 26 heavy (non-hydrogen) atoms. The van der Waals surface area contributed by atoms with Crippen LogP contribution in [0.15, 0.2) is 55.0 Å². The van der Waals surface area contributed by atoms with Crippen molar-refractivity contribution in [3.8, 4) is 11.4 Å². The van der Waals surface area contributed by atoms with Crippen LogP contribution < -0.4 is 0 Å². The van der Waals surface area contributed by atoms with Crippen LogP contribution in [0, 0.1) is 12.7 Å². The van der Waals surface area contributed by atoms with Gasteiger partial charge in [0.1, 0.15) is 11.6 Å². The SMILES string of the molecule is Cc1cnc(-c2cccnc2)n1C1CCCN(Cc2cccc(F)c2)C1. The smallest absolute Gasteiger partial charge is 0.141 e. The van der Waals surface area contributed by atoms with Crippen LogP contribution in [0.25, 0.3) is 11.4 Å². The van der Waals surface area contributed by atoms with Crippen LogP contribution in [-0.2, 0) is 6.54 Å². The highest BCUT2D eigenvalue weighted by Gasteiger charge is 2.25. The first-order chi connectivity index (χ1) is 12.7. The van der Waals surface area contributed by atoms with E-state index in [1.165, 1.54) is 11.8 Å². The van der Waals surface area contributed by atoms with Crippen molar-refractivity contribution in [3.63, 3.8) is 0 Å². The minimum atomic E-state index is -0.166.